The molecule has 172 valence electrons. The summed E-state index contributed by atoms with van der Waals surface area (Å²) in [7, 11) is -4.04. The molecule has 1 aliphatic heterocycles. The molecule has 1 amide bonds. The van der Waals surface area contributed by atoms with Gasteiger partial charge in [-0.25, -0.2) is 8.42 Å². The van der Waals surface area contributed by atoms with Crippen LogP contribution in [0.4, 0.5) is 0 Å². The molecular weight excluding hydrogens is 475 g/mol. The lowest BCUT2D eigenvalue weighted by molar-refractivity contribution is -0.137. The van der Waals surface area contributed by atoms with E-state index in [2.05, 4.69) is 5.32 Å². The number of aliphatic carboxylic acids is 1. The summed E-state index contributed by atoms with van der Waals surface area (Å²) in [5, 5.41) is 12.4. The van der Waals surface area contributed by atoms with E-state index in [9.17, 15) is 18.0 Å². The Balaban J connectivity index is 1.96. The zero-order chi connectivity index (χ0) is 23.3. The molecule has 2 aromatic carbocycles. The zero-order valence-electron chi connectivity index (χ0n) is 17.3. The maximum absolute atomic E-state index is 13.6. The maximum atomic E-state index is 13.6. The van der Waals surface area contributed by atoms with E-state index in [1.54, 1.807) is 18.2 Å². The number of sulfonamides is 1. The summed E-state index contributed by atoms with van der Waals surface area (Å²) >= 11 is 12.3. The van der Waals surface area contributed by atoms with E-state index in [0.29, 0.717) is 41.4 Å². The fourth-order valence-electron chi connectivity index (χ4n) is 3.60. The lowest BCUT2D eigenvalue weighted by Gasteiger charge is -2.29. The molecule has 1 aliphatic rings. The Morgan fingerprint density at radius 3 is 2.50 bits per heavy atom. The minimum atomic E-state index is -4.04. The number of hydrogen-bond acceptors (Lipinski definition) is 4. The number of nitrogens with zero attached hydrogens (tertiary/aromatic N) is 1. The first-order chi connectivity index (χ1) is 15.2. The highest BCUT2D eigenvalue weighted by Gasteiger charge is 2.36. The average Bonchev–Trinajstić information content (AvgIpc) is 2.96. The number of carboxylic acid groups (broad SMARTS) is 1. The Hall–Kier alpha value is -2.13. The van der Waals surface area contributed by atoms with Crippen molar-refractivity contribution in [2.24, 2.45) is 0 Å². The largest absolute Gasteiger partial charge is 0.481 e. The van der Waals surface area contributed by atoms with Crippen LogP contribution in [-0.2, 0) is 32.6 Å². The van der Waals surface area contributed by atoms with Gasteiger partial charge in [0.05, 0.1) is 4.90 Å². The number of halogens is 2. The molecule has 1 heterocycles. The number of carbonyl (C=O) groups is 2. The molecule has 0 aromatic heterocycles. The highest BCUT2D eigenvalue weighted by Crippen LogP contribution is 2.28. The first kappa shape index (κ1) is 24.5. The third-order valence-electron chi connectivity index (χ3n) is 5.35. The van der Waals surface area contributed by atoms with Crippen LogP contribution in [0.15, 0.2) is 47.4 Å². The van der Waals surface area contributed by atoms with Crippen molar-refractivity contribution in [2.75, 3.05) is 6.54 Å². The second-order valence-corrected chi connectivity index (χ2v) is 10.4. The Kier molecular flexibility index (Phi) is 8.16. The standard InChI is InChI=1S/C22H24Cl2N2O5S/c23-17-7-9-18(10-8-17)32(30,31)26(20-3-1-2-12-25-22(20)29)14-16-6-4-15(13-19(16)24)5-11-21(27)28/h4,6-10,13,20H,1-3,5,11-12,14H2,(H,25,29)(H,27,28). The van der Waals surface area contributed by atoms with Gasteiger partial charge in [-0.15, -0.1) is 0 Å². The van der Waals surface area contributed by atoms with Crippen molar-refractivity contribution in [3.8, 4) is 0 Å². The molecule has 7 nitrogen and oxygen atoms in total. The lowest BCUT2D eigenvalue weighted by atomic mass is 10.1. The monoisotopic (exact) mass is 498 g/mol. The van der Waals surface area contributed by atoms with Gasteiger partial charge in [0, 0.05) is 29.6 Å². The predicted molar refractivity (Wildman–Crippen MR) is 122 cm³/mol. The van der Waals surface area contributed by atoms with Crippen molar-refractivity contribution in [3.63, 3.8) is 0 Å². The highest BCUT2D eigenvalue weighted by molar-refractivity contribution is 7.89. The van der Waals surface area contributed by atoms with Gasteiger partial charge in [-0.1, -0.05) is 35.3 Å². The minimum absolute atomic E-state index is 0.0327. The third kappa shape index (κ3) is 6.01. The van der Waals surface area contributed by atoms with Crippen molar-refractivity contribution in [1.82, 2.24) is 9.62 Å². The molecule has 3 rings (SSSR count). The fraction of sp³-hybridized carbons (Fsp3) is 0.364. The van der Waals surface area contributed by atoms with E-state index in [4.69, 9.17) is 28.3 Å². The molecule has 0 aliphatic carbocycles. The number of hydrogen-bond donors (Lipinski definition) is 2. The SMILES string of the molecule is O=C(O)CCc1ccc(CN(C2CCCCNC2=O)S(=O)(=O)c2ccc(Cl)cc2)c(Cl)c1. The predicted octanol–water partition coefficient (Wildman–Crippen LogP) is 3.87. The Morgan fingerprint density at radius 2 is 1.84 bits per heavy atom. The third-order valence-corrected chi connectivity index (χ3v) is 7.82. The molecule has 2 N–H and O–H groups in total. The van der Waals surface area contributed by atoms with E-state index in [0.717, 1.165) is 12.0 Å². The molecule has 0 spiro atoms. The van der Waals surface area contributed by atoms with Crippen molar-refractivity contribution in [1.29, 1.82) is 0 Å². The minimum Gasteiger partial charge on any atom is -0.481 e. The molecule has 1 saturated heterocycles. The summed E-state index contributed by atoms with van der Waals surface area (Å²) in [6, 6.07) is 9.98. The number of amides is 1. The maximum Gasteiger partial charge on any atom is 0.303 e. The molecule has 32 heavy (non-hydrogen) atoms. The fourth-order valence-corrected chi connectivity index (χ4v) is 5.58. The highest BCUT2D eigenvalue weighted by atomic mass is 35.5. The van der Waals surface area contributed by atoms with E-state index >= 15 is 0 Å². The summed E-state index contributed by atoms with van der Waals surface area (Å²) in [4.78, 5) is 23.6. The van der Waals surface area contributed by atoms with Gasteiger partial charge in [0.1, 0.15) is 6.04 Å². The molecule has 2 aromatic rings. The van der Waals surface area contributed by atoms with Crippen LogP contribution in [0.5, 0.6) is 0 Å². The van der Waals surface area contributed by atoms with E-state index < -0.39 is 22.0 Å². The number of nitrogens with one attached hydrogen (secondary N) is 1. The number of rotatable bonds is 8. The molecule has 1 atom stereocenters. The Bertz CT molecular complexity index is 1090. The average molecular weight is 499 g/mol. The zero-order valence-corrected chi connectivity index (χ0v) is 19.6. The summed E-state index contributed by atoms with van der Waals surface area (Å²) in [6.45, 7) is 0.407. The summed E-state index contributed by atoms with van der Waals surface area (Å²) in [5.74, 6) is -1.25. The Morgan fingerprint density at radius 1 is 1.12 bits per heavy atom. The molecule has 1 fully saturated rings. The summed E-state index contributed by atoms with van der Waals surface area (Å²) < 4.78 is 28.3. The Labute approximate surface area is 197 Å². The second-order valence-electron chi connectivity index (χ2n) is 7.63. The number of aryl methyl sites for hydroxylation is 1. The van der Waals surface area contributed by atoms with Crippen LogP contribution in [0, 0.1) is 0 Å². The van der Waals surface area contributed by atoms with E-state index in [-0.39, 0.29) is 23.8 Å². The van der Waals surface area contributed by atoms with Gasteiger partial charge in [-0.3, -0.25) is 9.59 Å². The van der Waals surface area contributed by atoms with Crippen molar-refractivity contribution in [3.05, 3.63) is 63.6 Å². The topological polar surface area (TPSA) is 104 Å². The number of benzene rings is 2. The van der Waals surface area contributed by atoms with Crippen LogP contribution in [0.25, 0.3) is 0 Å². The van der Waals surface area contributed by atoms with Gasteiger partial charge in [-0.2, -0.15) is 4.31 Å². The van der Waals surface area contributed by atoms with Gasteiger partial charge in [0.15, 0.2) is 0 Å². The molecule has 0 radical (unpaired) electrons. The first-order valence-electron chi connectivity index (χ1n) is 10.2. The van der Waals surface area contributed by atoms with Crippen LogP contribution < -0.4 is 5.32 Å². The lowest BCUT2D eigenvalue weighted by Crippen LogP contribution is -2.48. The molecular formula is C22H24Cl2N2O5S. The normalized spacial score (nSPS) is 17.1. The molecule has 10 heteroatoms. The molecule has 0 saturated carbocycles. The van der Waals surface area contributed by atoms with Gasteiger partial charge < -0.3 is 10.4 Å². The van der Waals surface area contributed by atoms with Gasteiger partial charge in [-0.05, 0) is 67.1 Å². The molecule has 0 bridgehead atoms. The van der Waals surface area contributed by atoms with Crippen molar-refractivity contribution in [2.45, 2.75) is 49.6 Å². The first-order valence-corrected chi connectivity index (χ1v) is 12.4. The molecule has 1 unspecified atom stereocenters. The van der Waals surface area contributed by atoms with Crippen LogP contribution in [0.1, 0.15) is 36.8 Å². The van der Waals surface area contributed by atoms with E-state index in [1.165, 1.54) is 28.6 Å². The van der Waals surface area contributed by atoms with Crippen molar-refractivity contribution < 1.29 is 23.1 Å². The van der Waals surface area contributed by atoms with Gasteiger partial charge in [0.2, 0.25) is 15.9 Å². The number of carboxylic acids is 1. The van der Waals surface area contributed by atoms with Crippen LogP contribution in [-0.4, -0.2) is 42.3 Å². The van der Waals surface area contributed by atoms with Crippen LogP contribution in [0.2, 0.25) is 10.0 Å². The van der Waals surface area contributed by atoms with Gasteiger partial charge in [0.25, 0.3) is 0 Å². The van der Waals surface area contributed by atoms with E-state index in [1.807, 2.05) is 0 Å². The second kappa shape index (κ2) is 10.7. The summed E-state index contributed by atoms with van der Waals surface area (Å²) in [6.07, 6.45) is 2.16. The van der Waals surface area contributed by atoms with Gasteiger partial charge >= 0.3 is 5.97 Å². The number of carbonyl (C=O) groups excluding carboxylic acids is 1. The summed E-state index contributed by atoms with van der Waals surface area (Å²) in [5.41, 5.74) is 1.26. The smallest absolute Gasteiger partial charge is 0.303 e. The van der Waals surface area contributed by atoms with Crippen LogP contribution >= 0.6 is 23.2 Å². The quantitative estimate of drug-likeness (QED) is 0.574. The van der Waals surface area contributed by atoms with Crippen LogP contribution in [0.3, 0.4) is 0 Å². The van der Waals surface area contributed by atoms with Crippen molar-refractivity contribution >= 4 is 45.1 Å².